The van der Waals surface area contributed by atoms with E-state index in [1.54, 1.807) is 30.3 Å². The molecule has 0 heterocycles. The molecule has 0 saturated heterocycles. The van der Waals surface area contributed by atoms with Crippen LogP contribution in [0.2, 0.25) is 0 Å². The van der Waals surface area contributed by atoms with Crippen molar-refractivity contribution in [1.82, 2.24) is 5.32 Å². The molecule has 0 saturated carbocycles. The van der Waals surface area contributed by atoms with Gasteiger partial charge in [-0.3, -0.25) is 14.4 Å². The summed E-state index contributed by atoms with van der Waals surface area (Å²) in [4.78, 5) is 35.3. The molecule has 2 aromatic rings. The van der Waals surface area contributed by atoms with Gasteiger partial charge in [-0.25, -0.2) is 0 Å². The van der Waals surface area contributed by atoms with Crippen molar-refractivity contribution in [3.05, 3.63) is 71.8 Å². The molecule has 0 radical (unpaired) electrons. The molecule has 0 unspecified atom stereocenters. The second-order valence-corrected chi connectivity index (χ2v) is 5.44. The lowest BCUT2D eigenvalue weighted by molar-refractivity contribution is -0.138. The van der Waals surface area contributed by atoms with Gasteiger partial charge in [0.05, 0.1) is 12.5 Å². The maximum atomic E-state index is 12.3. The predicted octanol–water partition coefficient (Wildman–Crippen LogP) is 2.46. The Kier molecular flexibility index (Phi) is 6.25. The Morgan fingerprint density at radius 2 is 1.46 bits per heavy atom. The summed E-state index contributed by atoms with van der Waals surface area (Å²) in [6, 6.07) is 17.2. The number of carbonyl (C=O) groups excluding carboxylic acids is 2. The third-order valence-electron chi connectivity index (χ3n) is 3.60. The first kappa shape index (κ1) is 17.4. The predicted molar refractivity (Wildman–Crippen MR) is 89.7 cm³/mol. The molecule has 5 nitrogen and oxygen atoms in total. The fraction of sp³-hybridized carbons (Fsp3) is 0.211. The normalized spacial score (nSPS) is 11.5. The number of carbonyl (C=O) groups is 3. The van der Waals surface area contributed by atoms with Crippen molar-refractivity contribution >= 4 is 17.7 Å². The van der Waals surface area contributed by atoms with Crippen molar-refractivity contribution in [2.75, 3.05) is 0 Å². The van der Waals surface area contributed by atoms with Gasteiger partial charge in [-0.15, -0.1) is 0 Å². The topological polar surface area (TPSA) is 83.5 Å². The number of Topliss-reactive ketones (excluding diaryl/α,β-unsaturated/α-hetero) is 1. The van der Waals surface area contributed by atoms with E-state index in [1.807, 2.05) is 30.3 Å². The molecule has 0 bridgehead atoms. The Hall–Kier alpha value is -2.95. The molecule has 2 rings (SSSR count). The van der Waals surface area contributed by atoms with Crippen LogP contribution in [0.25, 0.3) is 0 Å². The van der Waals surface area contributed by atoms with Crippen LogP contribution in [0.4, 0.5) is 0 Å². The number of hydrogen-bond donors (Lipinski definition) is 2. The quantitative estimate of drug-likeness (QED) is 0.781. The Morgan fingerprint density at radius 1 is 0.875 bits per heavy atom. The highest BCUT2D eigenvalue weighted by Gasteiger charge is 2.22. The molecule has 1 amide bonds. The maximum Gasteiger partial charge on any atom is 0.303 e. The minimum atomic E-state index is -1.03. The average molecular weight is 325 g/mol. The number of carboxylic acids is 1. The summed E-state index contributed by atoms with van der Waals surface area (Å²) in [5.41, 5.74) is 1.36. The number of rotatable bonds is 8. The molecule has 24 heavy (non-hydrogen) atoms. The molecule has 0 aliphatic rings. The molecule has 0 aliphatic heterocycles. The molecule has 0 aromatic heterocycles. The van der Waals surface area contributed by atoms with Gasteiger partial charge in [0, 0.05) is 12.0 Å². The molecule has 124 valence electrons. The SMILES string of the molecule is O=C(O)CCC(=O)[C@@H](Cc1ccccc1)NC(=O)c1ccccc1. The summed E-state index contributed by atoms with van der Waals surface area (Å²) in [5, 5.41) is 11.5. The summed E-state index contributed by atoms with van der Waals surface area (Å²) in [6.07, 6.45) is -0.0227. The zero-order valence-electron chi connectivity index (χ0n) is 13.1. The first-order chi connectivity index (χ1) is 11.6. The smallest absolute Gasteiger partial charge is 0.303 e. The van der Waals surface area contributed by atoms with Crippen LogP contribution in [0.3, 0.4) is 0 Å². The molecule has 1 atom stereocenters. The third kappa shape index (κ3) is 5.35. The minimum Gasteiger partial charge on any atom is -0.481 e. The highest BCUT2D eigenvalue weighted by molar-refractivity contribution is 5.98. The van der Waals surface area contributed by atoms with Crippen LogP contribution in [-0.4, -0.2) is 28.8 Å². The number of hydrogen-bond acceptors (Lipinski definition) is 3. The van der Waals surface area contributed by atoms with Gasteiger partial charge < -0.3 is 10.4 Å². The highest BCUT2D eigenvalue weighted by Crippen LogP contribution is 2.08. The van der Waals surface area contributed by atoms with E-state index in [1.165, 1.54) is 0 Å². The van der Waals surface area contributed by atoms with E-state index < -0.39 is 12.0 Å². The first-order valence-electron chi connectivity index (χ1n) is 7.70. The fourth-order valence-electron chi connectivity index (χ4n) is 2.33. The highest BCUT2D eigenvalue weighted by atomic mass is 16.4. The van der Waals surface area contributed by atoms with E-state index in [4.69, 9.17) is 5.11 Å². The molecule has 0 fully saturated rings. The Bertz CT molecular complexity index is 698. The van der Waals surface area contributed by atoms with Crippen molar-refractivity contribution in [3.8, 4) is 0 Å². The molecule has 2 N–H and O–H groups in total. The van der Waals surface area contributed by atoms with Crippen molar-refractivity contribution in [2.24, 2.45) is 0 Å². The van der Waals surface area contributed by atoms with E-state index in [2.05, 4.69) is 5.32 Å². The monoisotopic (exact) mass is 325 g/mol. The van der Waals surface area contributed by atoms with Gasteiger partial charge in [0.1, 0.15) is 0 Å². The van der Waals surface area contributed by atoms with Gasteiger partial charge in [-0.2, -0.15) is 0 Å². The van der Waals surface area contributed by atoms with Crippen molar-refractivity contribution < 1.29 is 19.5 Å². The molecule has 0 aliphatic carbocycles. The van der Waals surface area contributed by atoms with E-state index >= 15 is 0 Å². The lowest BCUT2D eigenvalue weighted by Crippen LogP contribution is -2.42. The molecule has 0 spiro atoms. The molecule has 5 heteroatoms. The third-order valence-corrected chi connectivity index (χ3v) is 3.60. The Balaban J connectivity index is 2.11. The average Bonchev–Trinajstić information content (AvgIpc) is 2.60. The van der Waals surface area contributed by atoms with Crippen LogP contribution >= 0.6 is 0 Å². The number of ketones is 1. The summed E-state index contributed by atoms with van der Waals surface area (Å²) < 4.78 is 0. The van der Waals surface area contributed by atoms with Crippen molar-refractivity contribution in [2.45, 2.75) is 25.3 Å². The van der Waals surface area contributed by atoms with Crippen LogP contribution in [-0.2, 0) is 16.0 Å². The van der Waals surface area contributed by atoms with Crippen LogP contribution in [0.5, 0.6) is 0 Å². The van der Waals surface area contributed by atoms with Gasteiger partial charge in [0.2, 0.25) is 0 Å². The van der Waals surface area contributed by atoms with Gasteiger partial charge in [-0.05, 0) is 24.1 Å². The molecular weight excluding hydrogens is 306 g/mol. The van der Waals surface area contributed by atoms with Gasteiger partial charge in [0.15, 0.2) is 5.78 Å². The Labute approximate surface area is 140 Å². The fourth-order valence-corrected chi connectivity index (χ4v) is 2.33. The van der Waals surface area contributed by atoms with Crippen LogP contribution in [0.15, 0.2) is 60.7 Å². The van der Waals surface area contributed by atoms with Crippen molar-refractivity contribution in [1.29, 1.82) is 0 Å². The zero-order valence-corrected chi connectivity index (χ0v) is 13.1. The van der Waals surface area contributed by atoms with Crippen LogP contribution < -0.4 is 5.32 Å². The van der Waals surface area contributed by atoms with Gasteiger partial charge >= 0.3 is 5.97 Å². The largest absolute Gasteiger partial charge is 0.481 e. The standard InChI is InChI=1S/C19H19NO4/c21-17(11-12-18(22)23)16(13-14-7-3-1-4-8-14)20-19(24)15-9-5-2-6-10-15/h1-10,16H,11-13H2,(H,20,24)(H,22,23)/t16-/m1/s1. The zero-order chi connectivity index (χ0) is 17.4. The number of amides is 1. The second kappa shape index (κ2) is 8.62. The van der Waals surface area contributed by atoms with Gasteiger partial charge in [-0.1, -0.05) is 48.5 Å². The number of benzene rings is 2. The first-order valence-corrected chi connectivity index (χ1v) is 7.70. The maximum absolute atomic E-state index is 12.3. The van der Waals surface area contributed by atoms with E-state index in [0.29, 0.717) is 12.0 Å². The van der Waals surface area contributed by atoms with Crippen LogP contribution in [0, 0.1) is 0 Å². The molecule has 2 aromatic carbocycles. The minimum absolute atomic E-state index is 0.109. The van der Waals surface area contributed by atoms with E-state index in [0.717, 1.165) is 5.56 Å². The Morgan fingerprint density at radius 3 is 2.04 bits per heavy atom. The summed E-state index contributed by atoms with van der Waals surface area (Å²) in [5.74, 6) is -1.66. The van der Waals surface area contributed by atoms with Crippen molar-refractivity contribution in [3.63, 3.8) is 0 Å². The number of nitrogens with one attached hydrogen (secondary N) is 1. The summed E-state index contributed by atoms with van der Waals surface area (Å²) >= 11 is 0. The lowest BCUT2D eigenvalue weighted by atomic mass is 9.99. The molecular formula is C19H19NO4. The second-order valence-electron chi connectivity index (χ2n) is 5.44. The number of aliphatic carboxylic acids is 1. The van der Waals surface area contributed by atoms with Crippen LogP contribution in [0.1, 0.15) is 28.8 Å². The number of carboxylic acid groups (broad SMARTS) is 1. The van der Waals surface area contributed by atoms with Gasteiger partial charge in [0.25, 0.3) is 5.91 Å². The van der Waals surface area contributed by atoms with E-state index in [9.17, 15) is 14.4 Å². The summed E-state index contributed by atoms with van der Waals surface area (Å²) in [7, 11) is 0. The summed E-state index contributed by atoms with van der Waals surface area (Å²) in [6.45, 7) is 0. The lowest BCUT2D eigenvalue weighted by Gasteiger charge is -2.18. The van der Waals surface area contributed by atoms with E-state index in [-0.39, 0.29) is 24.5 Å².